The molecule has 0 spiro atoms. The van der Waals surface area contributed by atoms with Crippen LogP contribution in [0.2, 0.25) is 0 Å². The molecule has 0 bridgehead atoms. The molecule has 0 aliphatic rings. The lowest BCUT2D eigenvalue weighted by Gasteiger charge is -2.20. The third-order valence-corrected chi connectivity index (χ3v) is 2.54. The average molecular weight is 319 g/mol. The van der Waals surface area contributed by atoms with E-state index in [4.69, 9.17) is 18.4 Å². The largest absolute Gasteiger partial charge is 0.486 e. The van der Waals surface area contributed by atoms with Crippen LogP contribution in [-0.2, 0) is 6.18 Å². The van der Waals surface area contributed by atoms with Crippen molar-refractivity contribution >= 4 is 0 Å². The summed E-state index contributed by atoms with van der Waals surface area (Å²) in [4.78, 5) is 0. The molecule has 22 heavy (non-hydrogen) atoms. The Hall–Kier alpha value is -2.01. The van der Waals surface area contributed by atoms with Gasteiger partial charge in [0.2, 0.25) is 0 Å². The SMILES string of the molecule is [2H]c1c([2H])c(C(F)(F)F)c([2H])c([2H])c1OC([2H])(CC([2H])([2H])NC([2H])([2H])[2H])c1ccccc1. The molecule has 118 valence electrons. The van der Waals surface area contributed by atoms with Crippen LogP contribution in [-0.4, -0.2) is 13.5 Å². The Morgan fingerprint density at radius 2 is 1.95 bits per heavy atom. The molecular weight excluding hydrogens is 291 g/mol. The Morgan fingerprint density at radius 3 is 2.55 bits per heavy atom. The third kappa shape index (κ3) is 4.49. The highest BCUT2D eigenvalue weighted by molar-refractivity contribution is 5.30. The minimum atomic E-state index is -5.18. The van der Waals surface area contributed by atoms with Crippen LogP contribution in [0.1, 0.15) is 37.3 Å². The predicted molar refractivity (Wildman–Crippen MR) is 79.8 cm³/mol. The zero-order valence-electron chi connectivity index (χ0n) is 21.1. The molecule has 5 heteroatoms. The molecule has 0 saturated heterocycles. The first-order valence-corrected chi connectivity index (χ1v) is 6.09. The average Bonchev–Trinajstić information content (AvgIpc) is 2.61. The van der Waals surface area contributed by atoms with Crippen molar-refractivity contribution in [2.75, 3.05) is 13.5 Å². The Bertz CT molecular complexity index is 952. The van der Waals surface area contributed by atoms with E-state index >= 15 is 0 Å². The third-order valence-electron chi connectivity index (χ3n) is 2.54. The predicted octanol–water partition coefficient (Wildman–Crippen LogP) is 4.44. The van der Waals surface area contributed by atoms with Gasteiger partial charge in [0.15, 0.2) is 0 Å². The molecule has 0 fully saturated rings. The Kier molecular flexibility index (Phi) is 2.50. The molecule has 0 aromatic heterocycles. The second kappa shape index (κ2) is 7.31. The van der Waals surface area contributed by atoms with E-state index < -0.39 is 67.6 Å². The first-order valence-electron chi connectivity index (χ1n) is 11.1. The van der Waals surface area contributed by atoms with Crippen LogP contribution < -0.4 is 10.1 Å². The maximum atomic E-state index is 13.2. The highest BCUT2D eigenvalue weighted by atomic mass is 19.4. The number of nitrogens with one attached hydrogen (secondary N) is 1. The number of hydrogen-bond donors (Lipinski definition) is 1. The van der Waals surface area contributed by atoms with Gasteiger partial charge in [-0.2, -0.15) is 13.2 Å². The number of benzene rings is 2. The highest BCUT2D eigenvalue weighted by Crippen LogP contribution is 2.31. The molecule has 0 amide bonds. The van der Waals surface area contributed by atoms with E-state index in [-0.39, 0.29) is 5.56 Å². The van der Waals surface area contributed by atoms with E-state index in [9.17, 15) is 13.2 Å². The van der Waals surface area contributed by atoms with Crippen molar-refractivity contribution in [3.63, 3.8) is 0 Å². The minimum absolute atomic E-state index is 0.0621. The summed E-state index contributed by atoms with van der Waals surface area (Å²) in [6.45, 7) is -5.70. The summed E-state index contributed by atoms with van der Waals surface area (Å²) in [5, 5.41) is 1.70. The standard InChI is InChI=1S/C17H18F3NO/c1-21-12-11-16(13-5-3-2-4-6-13)22-15-9-7-14(8-10-15)17(18,19)20/h2-10,16,21H,11-12H2,1H3/i1D3,7D,8D,9D,10D,12D2,16D. The van der Waals surface area contributed by atoms with Crippen LogP contribution in [0.5, 0.6) is 5.75 Å². The van der Waals surface area contributed by atoms with Crippen molar-refractivity contribution < 1.29 is 31.6 Å². The zero-order valence-corrected chi connectivity index (χ0v) is 11.1. The lowest BCUT2D eigenvalue weighted by molar-refractivity contribution is -0.137. The smallest absolute Gasteiger partial charge is 0.416 e. The maximum Gasteiger partial charge on any atom is 0.416 e. The normalized spacial score (nSPS) is 22.1. The number of halogens is 3. The Morgan fingerprint density at radius 1 is 1.27 bits per heavy atom. The van der Waals surface area contributed by atoms with Crippen LogP contribution >= 0.6 is 0 Å². The van der Waals surface area contributed by atoms with E-state index in [1.54, 1.807) is 11.4 Å². The summed E-state index contributed by atoms with van der Waals surface area (Å²) in [5.41, 5.74) is -1.87. The molecule has 2 rings (SSSR count). The van der Waals surface area contributed by atoms with Crippen LogP contribution in [0.25, 0.3) is 0 Å². The molecule has 0 saturated carbocycles. The topological polar surface area (TPSA) is 21.3 Å². The lowest BCUT2D eigenvalue weighted by Crippen LogP contribution is -2.16. The van der Waals surface area contributed by atoms with Gasteiger partial charge in [-0.25, -0.2) is 0 Å². The maximum absolute atomic E-state index is 13.2. The van der Waals surface area contributed by atoms with Gasteiger partial charge in [-0.3, -0.25) is 0 Å². The molecule has 2 aromatic carbocycles. The zero-order chi connectivity index (χ0) is 24.7. The summed E-state index contributed by atoms with van der Waals surface area (Å²) < 4.78 is 122. The van der Waals surface area contributed by atoms with E-state index in [0.29, 0.717) is 0 Å². The molecule has 2 nitrogen and oxygen atoms in total. The van der Waals surface area contributed by atoms with Gasteiger partial charge in [-0.15, -0.1) is 0 Å². The molecule has 1 N–H and O–H groups in total. The molecule has 1 atom stereocenters. The first-order chi connectivity index (χ1) is 14.4. The van der Waals surface area contributed by atoms with Gasteiger partial charge in [-0.05, 0) is 43.2 Å². The van der Waals surface area contributed by atoms with Crippen molar-refractivity contribution in [2.24, 2.45) is 0 Å². The van der Waals surface area contributed by atoms with Gasteiger partial charge in [0, 0.05) is 13.3 Å². The van der Waals surface area contributed by atoms with Gasteiger partial charge >= 0.3 is 6.18 Å². The second-order valence-corrected chi connectivity index (χ2v) is 4.07. The van der Waals surface area contributed by atoms with E-state index in [0.717, 1.165) is 0 Å². The van der Waals surface area contributed by atoms with Gasteiger partial charge in [0.1, 0.15) is 11.8 Å². The first kappa shape index (κ1) is 7.51. The fourth-order valence-corrected chi connectivity index (χ4v) is 1.56. The molecule has 2 aromatic rings. The highest BCUT2D eigenvalue weighted by Gasteiger charge is 2.30. The quantitative estimate of drug-likeness (QED) is 0.850. The van der Waals surface area contributed by atoms with Crippen molar-refractivity contribution in [1.82, 2.24) is 5.32 Å². The fourth-order valence-electron chi connectivity index (χ4n) is 1.56. The van der Waals surface area contributed by atoms with Crippen LogP contribution in [0.3, 0.4) is 0 Å². The monoisotopic (exact) mass is 319 g/mol. The van der Waals surface area contributed by atoms with Crippen LogP contribution in [0, 0.1) is 0 Å². The van der Waals surface area contributed by atoms with Crippen molar-refractivity contribution in [3.8, 4) is 5.75 Å². The fraction of sp³-hybridized carbons (Fsp3) is 0.294. The molecule has 0 aliphatic heterocycles. The minimum Gasteiger partial charge on any atom is -0.486 e. The van der Waals surface area contributed by atoms with Crippen molar-refractivity contribution in [2.45, 2.75) is 18.7 Å². The molecule has 0 heterocycles. The molecule has 0 radical (unpaired) electrons. The number of hydrogen-bond acceptors (Lipinski definition) is 2. The van der Waals surface area contributed by atoms with Gasteiger partial charge in [0.25, 0.3) is 0 Å². The van der Waals surface area contributed by atoms with E-state index in [1.165, 1.54) is 24.3 Å². The van der Waals surface area contributed by atoms with Crippen molar-refractivity contribution in [1.29, 1.82) is 0 Å². The van der Waals surface area contributed by atoms with Gasteiger partial charge < -0.3 is 10.1 Å². The molecular formula is C17H18F3NO. The number of rotatable bonds is 6. The Labute approximate surface area is 142 Å². The van der Waals surface area contributed by atoms with E-state index in [1.807, 2.05) is 0 Å². The Balaban J connectivity index is 2.64. The van der Waals surface area contributed by atoms with Crippen molar-refractivity contribution in [3.05, 3.63) is 65.6 Å². The van der Waals surface area contributed by atoms with Gasteiger partial charge in [-0.1, -0.05) is 30.3 Å². The lowest BCUT2D eigenvalue weighted by atomic mass is 10.1. The summed E-state index contributed by atoms with van der Waals surface area (Å²) in [6, 6.07) is 1.74. The van der Waals surface area contributed by atoms with Crippen LogP contribution in [0.15, 0.2) is 54.5 Å². The van der Waals surface area contributed by atoms with Gasteiger partial charge in [0.05, 0.1) is 12.4 Å². The summed E-state index contributed by atoms with van der Waals surface area (Å²) in [7, 11) is 0. The number of ether oxygens (including phenoxy) is 1. The van der Waals surface area contributed by atoms with Crippen LogP contribution in [0.4, 0.5) is 13.2 Å². The summed E-state index contributed by atoms with van der Waals surface area (Å²) >= 11 is 0. The second-order valence-electron chi connectivity index (χ2n) is 4.07. The van der Waals surface area contributed by atoms with E-state index in [2.05, 4.69) is 0 Å². The summed E-state index contributed by atoms with van der Waals surface area (Å²) in [5.74, 6) is -1.00. The molecule has 0 aliphatic carbocycles. The summed E-state index contributed by atoms with van der Waals surface area (Å²) in [6.07, 6.45) is -8.74. The molecule has 1 unspecified atom stereocenters. The number of alkyl halides is 3.